The molecule has 8 nitrogen and oxygen atoms in total. The van der Waals surface area contributed by atoms with Gasteiger partial charge in [0.2, 0.25) is 0 Å². The Morgan fingerprint density at radius 1 is 1.14 bits per heavy atom. The number of rotatable bonds is 4. The number of imide groups is 2. The fraction of sp³-hybridized carbons (Fsp3) is 0.158. The first-order valence-electron chi connectivity index (χ1n) is 8.19. The highest BCUT2D eigenvalue weighted by Gasteiger charge is 2.37. The molecule has 10 heteroatoms. The molecule has 2 aromatic rings. The molecule has 0 unspecified atom stereocenters. The molecule has 0 saturated carbocycles. The third-order valence-electron chi connectivity index (χ3n) is 4.12. The summed E-state index contributed by atoms with van der Waals surface area (Å²) in [7, 11) is 3.99. The molecule has 0 N–H and O–H groups in total. The van der Waals surface area contributed by atoms with E-state index in [1.54, 1.807) is 23.6 Å². The van der Waals surface area contributed by atoms with Crippen LogP contribution in [0.1, 0.15) is 15.2 Å². The predicted octanol–water partition coefficient (Wildman–Crippen LogP) is 3.17. The number of esters is 1. The third-order valence-corrected chi connectivity index (χ3v) is 5.56. The lowest BCUT2D eigenvalue weighted by molar-refractivity contribution is -0.134. The molecule has 4 amide bonds. The molecule has 1 aromatic carbocycles. The van der Waals surface area contributed by atoms with E-state index in [0.717, 1.165) is 9.80 Å². The molecule has 29 heavy (non-hydrogen) atoms. The van der Waals surface area contributed by atoms with Gasteiger partial charge in [-0.05, 0) is 51.1 Å². The highest BCUT2D eigenvalue weighted by Crippen LogP contribution is 2.38. The molecule has 1 saturated heterocycles. The van der Waals surface area contributed by atoms with Crippen LogP contribution in [0.25, 0.3) is 6.08 Å². The van der Waals surface area contributed by atoms with Crippen LogP contribution in [0, 0.1) is 0 Å². The first-order chi connectivity index (χ1) is 13.7. The van der Waals surface area contributed by atoms with Crippen molar-refractivity contribution in [3.05, 3.63) is 50.1 Å². The second-order valence-electron chi connectivity index (χ2n) is 5.97. The average Bonchev–Trinajstić information content (AvgIpc) is 3.24. The molecular formula is C19H15BrN2O6S. The van der Waals surface area contributed by atoms with Gasteiger partial charge in [0.1, 0.15) is 10.5 Å². The van der Waals surface area contributed by atoms with Gasteiger partial charge < -0.3 is 9.47 Å². The Morgan fingerprint density at radius 2 is 1.79 bits per heavy atom. The maximum Gasteiger partial charge on any atom is 0.353 e. The number of carbonyl (C=O) groups excluding carboxylic acids is 4. The number of benzene rings is 1. The van der Waals surface area contributed by atoms with Crippen LogP contribution in [0.3, 0.4) is 0 Å². The Hall–Kier alpha value is -2.98. The number of urea groups is 1. The molecule has 0 aliphatic carbocycles. The van der Waals surface area contributed by atoms with E-state index in [9.17, 15) is 19.2 Å². The van der Waals surface area contributed by atoms with Gasteiger partial charge in [-0.15, -0.1) is 11.3 Å². The number of halogens is 1. The number of carbonyl (C=O) groups is 4. The van der Waals surface area contributed by atoms with Gasteiger partial charge >= 0.3 is 12.0 Å². The van der Waals surface area contributed by atoms with Crippen molar-refractivity contribution in [1.82, 2.24) is 9.80 Å². The summed E-state index contributed by atoms with van der Waals surface area (Å²) in [6.07, 6.45) is 1.35. The van der Waals surface area contributed by atoms with Crippen molar-refractivity contribution in [2.75, 3.05) is 21.2 Å². The van der Waals surface area contributed by atoms with Crippen molar-refractivity contribution in [3.63, 3.8) is 0 Å². The maximum atomic E-state index is 12.4. The zero-order valence-corrected chi connectivity index (χ0v) is 18.0. The number of hydrogen-bond donors (Lipinski definition) is 0. The van der Waals surface area contributed by atoms with Gasteiger partial charge in [0.15, 0.2) is 11.5 Å². The van der Waals surface area contributed by atoms with Crippen LogP contribution in [0.2, 0.25) is 0 Å². The molecule has 0 radical (unpaired) electrons. The first kappa shape index (κ1) is 20.7. The number of ether oxygens (including phenoxy) is 2. The van der Waals surface area contributed by atoms with E-state index < -0.39 is 23.8 Å². The van der Waals surface area contributed by atoms with E-state index in [1.165, 1.54) is 44.7 Å². The minimum atomic E-state index is -0.707. The second kappa shape index (κ2) is 8.18. The molecule has 1 aliphatic heterocycles. The summed E-state index contributed by atoms with van der Waals surface area (Å²) in [5, 5.41) is 1.76. The van der Waals surface area contributed by atoms with Crippen molar-refractivity contribution in [2.24, 2.45) is 0 Å². The van der Waals surface area contributed by atoms with E-state index in [4.69, 9.17) is 9.47 Å². The monoisotopic (exact) mass is 478 g/mol. The van der Waals surface area contributed by atoms with Gasteiger partial charge in [0.05, 0.1) is 11.6 Å². The number of nitrogens with zero attached hydrogens (tertiary/aromatic N) is 2. The number of thiophene rings is 1. The lowest BCUT2D eigenvalue weighted by Gasteiger charge is -2.28. The number of amides is 4. The molecular weight excluding hydrogens is 464 g/mol. The number of hydrogen-bond acceptors (Lipinski definition) is 7. The van der Waals surface area contributed by atoms with Crippen LogP contribution in [-0.2, 0) is 9.59 Å². The number of barbiturate groups is 1. The van der Waals surface area contributed by atoms with E-state index in [0.29, 0.717) is 14.9 Å². The number of methoxy groups -OCH3 is 1. The molecule has 1 aromatic heterocycles. The fourth-order valence-electron chi connectivity index (χ4n) is 2.60. The highest BCUT2D eigenvalue weighted by molar-refractivity contribution is 9.10. The third kappa shape index (κ3) is 3.94. The molecule has 0 bridgehead atoms. The van der Waals surface area contributed by atoms with Crippen LogP contribution in [0.5, 0.6) is 11.5 Å². The Bertz CT molecular complexity index is 1020. The van der Waals surface area contributed by atoms with Crippen molar-refractivity contribution >= 4 is 57.2 Å². The van der Waals surface area contributed by atoms with Crippen LogP contribution in [0.4, 0.5) is 4.79 Å². The lowest BCUT2D eigenvalue weighted by Crippen LogP contribution is -2.52. The van der Waals surface area contributed by atoms with Crippen LogP contribution < -0.4 is 9.47 Å². The van der Waals surface area contributed by atoms with Gasteiger partial charge in [0.25, 0.3) is 11.8 Å². The second-order valence-corrected chi connectivity index (χ2v) is 7.77. The Morgan fingerprint density at radius 3 is 2.34 bits per heavy atom. The Labute approximate surface area is 178 Å². The SMILES string of the molecule is COc1cc(C=C2C(=O)N(C)C(=O)N(C)C2=O)cc(Br)c1OC(=O)c1cccs1. The highest BCUT2D eigenvalue weighted by atomic mass is 79.9. The smallest absolute Gasteiger partial charge is 0.353 e. The van der Waals surface area contributed by atoms with Crippen LogP contribution in [-0.4, -0.2) is 54.8 Å². The largest absolute Gasteiger partial charge is 0.493 e. The van der Waals surface area contributed by atoms with E-state index in [-0.39, 0.29) is 17.1 Å². The molecule has 3 rings (SSSR count). The standard InChI is InChI=1S/C19H15BrN2O6S/c1-21-16(23)11(17(24)22(2)19(21)26)7-10-8-12(20)15(13(9-10)27-3)28-18(25)14-5-4-6-29-14/h4-9H,1-3H3. The summed E-state index contributed by atoms with van der Waals surface area (Å²) in [4.78, 5) is 51.0. The Kier molecular flexibility index (Phi) is 5.85. The van der Waals surface area contributed by atoms with Gasteiger partial charge in [-0.3, -0.25) is 19.4 Å². The summed E-state index contributed by atoms with van der Waals surface area (Å²) < 4.78 is 11.1. The lowest BCUT2D eigenvalue weighted by atomic mass is 10.1. The van der Waals surface area contributed by atoms with Crippen molar-refractivity contribution in [1.29, 1.82) is 0 Å². The molecule has 1 fully saturated rings. The maximum absolute atomic E-state index is 12.4. The van der Waals surface area contributed by atoms with Gasteiger partial charge in [-0.25, -0.2) is 9.59 Å². The van der Waals surface area contributed by atoms with Crippen molar-refractivity contribution in [2.45, 2.75) is 0 Å². The summed E-state index contributed by atoms with van der Waals surface area (Å²) in [6.45, 7) is 0. The van der Waals surface area contributed by atoms with Crippen molar-refractivity contribution < 1.29 is 28.7 Å². The van der Waals surface area contributed by atoms with Gasteiger partial charge in [0, 0.05) is 14.1 Å². The minimum Gasteiger partial charge on any atom is -0.493 e. The molecule has 1 aliphatic rings. The number of likely N-dealkylation sites (N-methyl/N-ethyl adjacent to an activating group) is 2. The summed E-state index contributed by atoms with van der Waals surface area (Å²) >= 11 is 4.58. The zero-order valence-electron chi connectivity index (χ0n) is 15.6. The van der Waals surface area contributed by atoms with E-state index >= 15 is 0 Å². The molecule has 150 valence electrons. The predicted molar refractivity (Wildman–Crippen MR) is 109 cm³/mol. The van der Waals surface area contributed by atoms with Crippen LogP contribution in [0.15, 0.2) is 39.7 Å². The minimum absolute atomic E-state index is 0.166. The zero-order chi connectivity index (χ0) is 21.3. The topological polar surface area (TPSA) is 93.2 Å². The van der Waals surface area contributed by atoms with E-state index in [1.807, 2.05) is 0 Å². The van der Waals surface area contributed by atoms with Gasteiger partial charge in [-0.2, -0.15) is 0 Å². The molecule has 0 spiro atoms. The summed E-state index contributed by atoms with van der Waals surface area (Å²) in [6, 6.07) is 5.77. The normalized spacial score (nSPS) is 14.3. The fourth-order valence-corrected chi connectivity index (χ4v) is 3.74. The van der Waals surface area contributed by atoms with E-state index in [2.05, 4.69) is 15.9 Å². The Balaban J connectivity index is 1.97. The summed E-state index contributed by atoms with van der Waals surface area (Å²) in [5.74, 6) is -1.56. The van der Waals surface area contributed by atoms with Crippen LogP contribution >= 0.6 is 27.3 Å². The average molecular weight is 479 g/mol. The summed E-state index contributed by atoms with van der Waals surface area (Å²) in [5.41, 5.74) is 0.268. The quantitative estimate of drug-likeness (QED) is 0.290. The molecule has 0 atom stereocenters. The molecule has 2 heterocycles. The van der Waals surface area contributed by atoms with Gasteiger partial charge in [-0.1, -0.05) is 6.07 Å². The first-order valence-corrected chi connectivity index (χ1v) is 9.86. The van der Waals surface area contributed by atoms with Crippen molar-refractivity contribution in [3.8, 4) is 11.5 Å².